The lowest BCUT2D eigenvalue weighted by molar-refractivity contribution is 0.0472. The molecule has 1 aliphatic rings. The molecule has 0 N–H and O–H groups in total. The van der Waals surface area contributed by atoms with Crippen molar-refractivity contribution < 1.29 is 27.9 Å². The second-order valence-corrected chi connectivity index (χ2v) is 6.39. The largest absolute Gasteiger partial charge is 0.457 e. The number of hydrogen-bond donors (Lipinski definition) is 0. The molecule has 0 unspecified atom stereocenters. The summed E-state index contributed by atoms with van der Waals surface area (Å²) >= 11 is 0. The summed E-state index contributed by atoms with van der Waals surface area (Å²) in [5.74, 6) is -2.73. The third-order valence-corrected chi connectivity index (χ3v) is 4.49. The molecule has 0 saturated heterocycles. The zero-order valence-corrected chi connectivity index (χ0v) is 14.9. The number of imide groups is 1. The van der Waals surface area contributed by atoms with E-state index in [4.69, 9.17) is 4.74 Å². The minimum atomic E-state index is -0.683. The van der Waals surface area contributed by atoms with Crippen LogP contribution in [0.2, 0.25) is 0 Å². The maximum Gasteiger partial charge on any atom is 0.338 e. The summed E-state index contributed by atoms with van der Waals surface area (Å²) in [5, 5.41) is 0. The standard InChI is InChI=1S/C22H13F2NO4/c23-15-4-1-13(2-5-15)12-29-22(28)14-3-10-18-19(11-14)21(27)25(20(18)26)17-8-6-16(24)7-9-17/h1-11H,12H2. The van der Waals surface area contributed by atoms with Gasteiger partial charge in [0.05, 0.1) is 22.4 Å². The molecule has 2 amide bonds. The molecule has 0 saturated carbocycles. The van der Waals surface area contributed by atoms with Crippen molar-refractivity contribution in [3.8, 4) is 0 Å². The smallest absolute Gasteiger partial charge is 0.338 e. The van der Waals surface area contributed by atoms with E-state index in [1.165, 1.54) is 54.6 Å². The molecule has 5 nitrogen and oxygen atoms in total. The van der Waals surface area contributed by atoms with Crippen LogP contribution in [-0.4, -0.2) is 17.8 Å². The van der Waals surface area contributed by atoms with Gasteiger partial charge in [0.2, 0.25) is 0 Å². The van der Waals surface area contributed by atoms with E-state index in [0.29, 0.717) is 5.56 Å². The third kappa shape index (κ3) is 3.50. The molecule has 3 aromatic carbocycles. The minimum Gasteiger partial charge on any atom is -0.457 e. The fourth-order valence-corrected chi connectivity index (χ4v) is 3.01. The Balaban J connectivity index is 1.54. The second kappa shape index (κ2) is 7.27. The fraction of sp³-hybridized carbons (Fsp3) is 0.0455. The maximum atomic E-state index is 13.1. The van der Waals surface area contributed by atoms with Crippen LogP contribution in [0.4, 0.5) is 14.5 Å². The van der Waals surface area contributed by atoms with Gasteiger partial charge < -0.3 is 4.74 Å². The van der Waals surface area contributed by atoms with E-state index in [1.54, 1.807) is 0 Å². The summed E-state index contributed by atoms with van der Waals surface area (Å²) in [4.78, 5) is 38.5. The van der Waals surface area contributed by atoms with Gasteiger partial charge >= 0.3 is 5.97 Å². The molecule has 7 heteroatoms. The minimum absolute atomic E-state index is 0.0647. The van der Waals surface area contributed by atoms with Crippen LogP contribution in [0.25, 0.3) is 0 Å². The highest BCUT2D eigenvalue weighted by Crippen LogP contribution is 2.29. The number of hydrogen-bond acceptors (Lipinski definition) is 4. The Morgan fingerprint density at radius 2 is 1.38 bits per heavy atom. The number of esters is 1. The molecule has 0 aromatic heterocycles. The zero-order chi connectivity index (χ0) is 20.5. The van der Waals surface area contributed by atoms with E-state index < -0.39 is 29.4 Å². The molecule has 3 aromatic rings. The SMILES string of the molecule is O=C(OCc1ccc(F)cc1)c1ccc2c(c1)C(=O)N(c1ccc(F)cc1)C2=O. The van der Waals surface area contributed by atoms with E-state index in [1.807, 2.05) is 0 Å². The molecule has 1 aliphatic heterocycles. The summed E-state index contributed by atoms with van der Waals surface area (Å²) in [5.41, 5.74) is 1.16. The first-order valence-corrected chi connectivity index (χ1v) is 8.64. The van der Waals surface area contributed by atoms with Crippen molar-refractivity contribution in [2.45, 2.75) is 6.61 Å². The quantitative estimate of drug-likeness (QED) is 0.494. The van der Waals surface area contributed by atoms with Gasteiger partial charge in [-0.3, -0.25) is 9.59 Å². The molecule has 0 fully saturated rings. The normalized spacial score (nSPS) is 12.8. The van der Waals surface area contributed by atoms with E-state index >= 15 is 0 Å². The molecule has 0 radical (unpaired) electrons. The van der Waals surface area contributed by atoms with Crippen LogP contribution in [-0.2, 0) is 11.3 Å². The van der Waals surface area contributed by atoms with Crippen LogP contribution >= 0.6 is 0 Å². The predicted molar refractivity (Wildman–Crippen MR) is 99.5 cm³/mol. The Morgan fingerprint density at radius 3 is 2.03 bits per heavy atom. The van der Waals surface area contributed by atoms with Gasteiger partial charge in [0.25, 0.3) is 11.8 Å². The molecule has 0 atom stereocenters. The number of amides is 2. The summed E-state index contributed by atoms with van der Waals surface area (Å²) in [6, 6.07) is 14.5. The molecule has 0 bridgehead atoms. The Morgan fingerprint density at radius 1 is 0.793 bits per heavy atom. The van der Waals surface area contributed by atoms with Crippen molar-refractivity contribution in [3.05, 3.63) is 101 Å². The average molecular weight is 393 g/mol. The highest BCUT2D eigenvalue weighted by molar-refractivity contribution is 6.34. The fourth-order valence-electron chi connectivity index (χ4n) is 3.01. The number of benzene rings is 3. The first-order valence-electron chi connectivity index (χ1n) is 8.64. The van der Waals surface area contributed by atoms with Crippen molar-refractivity contribution in [1.29, 1.82) is 0 Å². The van der Waals surface area contributed by atoms with Crippen molar-refractivity contribution in [2.75, 3.05) is 4.90 Å². The van der Waals surface area contributed by atoms with Gasteiger partial charge in [-0.25, -0.2) is 18.5 Å². The number of anilines is 1. The number of nitrogens with zero attached hydrogens (tertiary/aromatic N) is 1. The Kier molecular flexibility index (Phi) is 4.64. The Hall–Kier alpha value is -3.87. The van der Waals surface area contributed by atoms with E-state index in [9.17, 15) is 23.2 Å². The van der Waals surface area contributed by atoms with Gasteiger partial charge in [-0.15, -0.1) is 0 Å². The van der Waals surface area contributed by atoms with Crippen LogP contribution in [0.15, 0.2) is 66.7 Å². The van der Waals surface area contributed by atoms with Crippen LogP contribution in [0, 0.1) is 11.6 Å². The molecule has 29 heavy (non-hydrogen) atoms. The maximum absolute atomic E-state index is 13.1. The summed E-state index contributed by atoms with van der Waals surface area (Å²) in [7, 11) is 0. The zero-order valence-electron chi connectivity index (χ0n) is 14.9. The molecule has 4 rings (SSSR count). The highest BCUT2D eigenvalue weighted by Gasteiger charge is 2.37. The Bertz CT molecular complexity index is 1120. The van der Waals surface area contributed by atoms with Crippen LogP contribution < -0.4 is 4.90 Å². The topological polar surface area (TPSA) is 63.7 Å². The predicted octanol–water partition coefficient (Wildman–Crippen LogP) is 4.12. The number of ether oxygens (including phenoxy) is 1. The molecule has 0 aliphatic carbocycles. The van der Waals surface area contributed by atoms with Crippen LogP contribution in [0.3, 0.4) is 0 Å². The summed E-state index contributed by atoms with van der Waals surface area (Å²) < 4.78 is 31.2. The summed E-state index contributed by atoms with van der Waals surface area (Å²) in [6.07, 6.45) is 0. The van der Waals surface area contributed by atoms with E-state index in [-0.39, 0.29) is 29.0 Å². The number of carbonyl (C=O) groups is 3. The third-order valence-electron chi connectivity index (χ3n) is 4.49. The molecular weight excluding hydrogens is 380 g/mol. The van der Waals surface area contributed by atoms with Gasteiger partial charge in [-0.2, -0.15) is 0 Å². The van der Waals surface area contributed by atoms with Crippen LogP contribution in [0.1, 0.15) is 36.6 Å². The van der Waals surface area contributed by atoms with E-state index in [2.05, 4.69) is 0 Å². The number of carbonyl (C=O) groups excluding carboxylic acids is 3. The highest BCUT2D eigenvalue weighted by atomic mass is 19.1. The van der Waals surface area contributed by atoms with Crippen molar-refractivity contribution in [1.82, 2.24) is 0 Å². The first kappa shape index (κ1) is 18.5. The lowest BCUT2D eigenvalue weighted by Gasteiger charge is -2.13. The van der Waals surface area contributed by atoms with Gasteiger partial charge in [0.1, 0.15) is 18.2 Å². The van der Waals surface area contributed by atoms with Crippen molar-refractivity contribution in [3.63, 3.8) is 0 Å². The van der Waals surface area contributed by atoms with Crippen molar-refractivity contribution in [2.24, 2.45) is 0 Å². The first-order chi connectivity index (χ1) is 13.9. The van der Waals surface area contributed by atoms with E-state index in [0.717, 1.165) is 17.0 Å². The lowest BCUT2D eigenvalue weighted by Crippen LogP contribution is -2.29. The monoisotopic (exact) mass is 393 g/mol. The molecule has 0 spiro atoms. The average Bonchev–Trinajstić information content (AvgIpc) is 2.98. The van der Waals surface area contributed by atoms with Crippen molar-refractivity contribution >= 4 is 23.5 Å². The van der Waals surface area contributed by atoms with Gasteiger partial charge in [-0.05, 0) is 60.2 Å². The van der Waals surface area contributed by atoms with Crippen LogP contribution in [0.5, 0.6) is 0 Å². The molecule has 1 heterocycles. The Labute approximate surface area is 164 Å². The molecular formula is C22H13F2NO4. The van der Waals surface area contributed by atoms with Gasteiger partial charge in [-0.1, -0.05) is 12.1 Å². The second-order valence-electron chi connectivity index (χ2n) is 6.39. The van der Waals surface area contributed by atoms with Gasteiger partial charge in [0, 0.05) is 0 Å². The number of fused-ring (bicyclic) bond motifs is 1. The lowest BCUT2D eigenvalue weighted by atomic mass is 10.1. The molecule has 144 valence electrons. The summed E-state index contributed by atoms with van der Waals surface area (Å²) in [6.45, 7) is -0.0647. The van der Waals surface area contributed by atoms with Gasteiger partial charge in [0.15, 0.2) is 0 Å². The number of rotatable bonds is 4. The number of halogens is 2.